The highest BCUT2D eigenvalue weighted by Crippen LogP contribution is 2.07. The van der Waals surface area contributed by atoms with Crippen molar-refractivity contribution in [1.82, 2.24) is 0 Å². The Kier molecular flexibility index (Phi) is 7.17. The Hall–Kier alpha value is -0.300. The predicted molar refractivity (Wildman–Crippen MR) is 54.2 cm³/mol. The van der Waals surface area contributed by atoms with Crippen molar-refractivity contribution in [2.75, 3.05) is 0 Å². The molecular formula is C11H22O. The molecule has 1 N–H and O–H groups in total. The van der Waals surface area contributed by atoms with E-state index >= 15 is 0 Å². The van der Waals surface area contributed by atoms with E-state index in [1.807, 2.05) is 19.9 Å². The van der Waals surface area contributed by atoms with Gasteiger partial charge in [-0.3, -0.25) is 0 Å². The fourth-order valence-electron chi connectivity index (χ4n) is 1.25. The van der Waals surface area contributed by atoms with Gasteiger partial charge >= 0.3 is 0 Å². The molecule has 12 heavy (non-hydrogen) atoms. The quantitative estimate of drug-likeness (QED) is 0.479. The third kappa shape index (κ3) is 7.80. The van der Waals surface area contributed by atoms with Crippen molar-refractivity contribution in [3.8, 4) is 0 Å². The molecule has 0 aliphatic heterocycles. The number of aliphatic hydroxyl groups excluding tert-OH is 1. The highest BCUT2D eigenvalue weighted by Gasteiger charge is 1.98. The van der Waals surface area contributed by atoms with Gasteiger partial charge < -0.3 is 5.11 Å². The molecule has 0 fully saturated rings. The first-order valence-electron chi connectivity index (χ1n) is 5.00. The van der Waals surface area contributed by atoms with Crippen LogP contribution in [0.5, 0.6) is 0 Å². The van der Waals surface area contributed by atoms with Crippen LogP contribution in [0.3, 0.4) is 0 Å². The lowest BCUT2D eigenvalue weighted by Gasteiger charge is -2.05. The van der Waals surface area contributed by atoms with Gasteiger partial charge in [-0.15, -0.1) is 0 Å². The molecule has 0 saturated carbocycles. The minimum absolute atomic E-state index is 0.216. The van der Waals surface area contributed by atoms with E-state index in [1.54, 1.807) is 0 Å². The average molecular weight is 170 g/mol. The molecule has 0 aromatic carbocycles. The van der Waals surface area contributed by atoms with E-state index in [2.05, 4.69) is 6.92 Å². The largest absolute Gasteiger partial charge is 0.389 e. The summed E-state index contributed by atoms with van der Waals surface area (Å²) < 4.78 is 0. The molecule has 0 rings (SSSR count). The third-order valence-electron chi connectivity index (χ3n) is 1.88. The Morgan fingerprint density at radius 2 is 1.92 bits per heavy atom. The molecule has 0 aromatic heterocycles. The summed E-state index contributed by atoms with van der Waals surface area (Å²) in [7, 11) is 0. The molecule has 1 nitrogen and oxygen atoms in total. The summed E-state index contributed by atoms with van der Waals surface area (Å²) in [4.78, 5) is 0. The van der Waals surface area contributed by atoms with Gasteiger partial charge in [-0.05, 0) is 20.3 Å². The zero-order valence-electron chi connectivity index (χ0n) is 8.64. The summed E-state index contributed by atoms with van der Waals surface area (Å²) in [5.41, 5.74) is 1.21. The van der Waals surface area contributed by atoms with Crippen molar-refractivity contribution in [3.05, 3.63) is 11.6 Å². The normalized spacial score (nSPS) is 12.7. The average Bonchev–Trinajstić information content (AvgIpc) is 1.97. The second-order valence-electron chi connectivity index (χ2n) is 3.66. The van der Waals surface area contributed by atoms with E-state index in [1.165, 1.54) is 24.8 Å². The maximum atomic E-state index is 9.44. The molecule has 72 valence electrons. The van der Waals surface area contributed by atoms with Crippen molar-refractivity contribution in [3.63, 3.8) is 0 Å². The van der Waals surface area contributed by atoms with Crippen LogP contribution in [0.1, 0.15) is 52.9 Å². The number of unbranched alkanes of at least 4 members (excludes halogenated alkanes) is 3. The zero-order valence-corrected chi connectivity index (χ0v) is 8.64. The van der Waals surface area contributed by atoms with Gasteiger partial charge in [0.05, 0.1) is 6.10 Å². The molecule has 1 heteroatoms. The van der Waals surface area contributed by atoms with Crippen LogP contribution in [-0.4, -0.2) is 11.2 Å². The number of hydrogen-bond donors (Lipinski definition) is 1. The van der Waals surface area contributed by atoms with Crippen molar-refractivity contribution in [1.29, 1.82) is 0 Å². The van der Waals surface area contributed by atoms with E-state index in [-0.39, 0.29) is 6.10 Å². The van der Waals surface area contributed by atoms with Crippen LogP contribution in [0, 0.1) is 0 Å². The number of allylic oxidation sites excluding steroid dienone is 1. The zero-order chi connectivity index (χ0) is 9.40. The monoisotopic (exact) mass is 170 g/mol. The van der Waals surface area contributed by atoms with Crippen LogP contribution < -0.4 is 0 Å². The van der Waals surface area contributed by atoms with E-state index in [4.69, 9.17) is 0 Å². The summed E-state index contributed by atoms with van der Waals surface area (Å²) in [6.07, 6.45) is 7.60. The molecule has 0 aromatic rings. The van der Waals surface area contributed by atoms with Crippen LogP contribution in [0.2, 0.25) is 0 Å². The number of rotatable bonds is 6. The smallest absolute Gasteiger partial charge is 0.0723 e. The molecule has 0 spiro atoms. The van der Waals surface area contributed by atoms with Crippen LogP contribution >= 0.6 is 0 Å². The second-order valence-corrected chi connectivity index (χ2v) is 3.66. The van der Waals surface area contributed by atoms with E-state index in [0.29, 0.717) is 0 Å². The van der Waals surface area contributed by atoms with Gasteiger partial charge in [0.2, 0.25) is 0 Å². The highest BCUT2D eigenvalue weighted by atomic mass is 16.3. The fraction of sp³-hybridized carbons (Fsp3) is 0.818. The molecule has 0 aliphatic carbocycles. The van der Waals surface area contributed by atoms with Gasteiger partial charge in [-0.25, -0.2) is 0 Å². The fourth-order valence-corrected chi connectivity index (χ4v) is 1.25. The van der Waals surface area contributed by atoms with Crippen LogP contribution in [-0.2, 0) is 0 Å². The molecular weight excluding hydrogens is 148 g/mol. The summed E-state index contributed by atoms with van der Waals surface area (Å²) in [6, 6.07) is 0. The van der Waals surface area contributed by atoms with Gasteiger partial charge in [0, 0.05) is 0 Å². The first kappa shape index (κ1) is 11.7. The van der Waals surface area contributed by atoms with Gasteiger partial charge in [-0.2, -0.15) is 0 Å². The molecule has 0 heterocycles. The Balaban J connectivity index is 3.32. The van der Waals surface area contributed by atoms with Gasteiger partial charge in [0.25, 0.3) is 0 Å². The molecule has 0 bridgehead atoms. The maximum absolute atomic E-state index is 9.44. The minimum Gasteiger partial charge on any atom is -0.389 e. The highest BCUT2D eigenvalue weighted by molar-refractivity contribution is 4.97. The van der Waals surface area contributed by atoms with E-state index < -0.39 is 0 Å². The Morgan fingerprint density at radius 3 is 2.42 bits per heavy atom. The van der Waals surface area contributed by atoms with Crippen molar-refractivity contribution >= 4 is 0 Å². The van der Waals surface area contributed by atoms with E-state index in [0.717, 1.165) is 12.8 Å². The summed E-state index contributed by atoms with van der Waals surface area (Å²) >= 11 is 0. The van der Waals surface area contributed by atoms with Crippen molar-refractivity contribution in [2.24, 2.45) is 0 Å². The second kappa shape index (κ2) is 7.35. The third-order valence-corrected chi connectivity index (χ3v) is 1.88. The van der Waals surface area contributed by atoms with Crippen molar-refractivity contribution < 1.29 is 5.11 Å². The summed E-state index contributed by atoms with van der Waals surface area (Å²) in [5.74, 6) is 0. The first-order valence-corrected chi connectivity index (χ1v) is 5.00. The van der Waals surface area contributed by atoms with Crippen molar-refractivity contribution in [2.45, 2.75) is 59.0 Å². The molecule has 0 aliphatic rings. The lowest BCUT2D eigenvalue weighted by atomic mass is 10.1. The maximum Gasteiger partial charge on any atom is 0.0723 e. The molecule has 0 saturated heterocycles. The van der Waals surface area contributed by atoms with Gasteiger partial charge in [0.1, 0.15) is 0 Å². The summed E-state index contributed by atoms with van der Waals surface area (Å²) in [5, 5.41) is 9.44. The minimum atomic E-state index is -0.216. The molecule has 1 unspecified atom stereocenters. The van der Waals surface area contributed by atoms with Crippen LogP contribution in [0.4, 0.5) is 0 Å². The van der Waals surface area contributed by atoms with Gasteiger partial charge in [0.15, 0.2) is 0 Å². The summed E-state index contributed by atoms with van der Waals surface area (Å²) in [6.45, 7) is 6.25. The standard InChI is InChI=1S/C11H22O/c1-4-5-6-7-8-11(12)9-10(2)3/h9,11-12H,4-8H2,1-3H3. The Labute approximate surface area is 76.5 Å². The SMILES string of the molecule is CCCCCCC(O)C=C(C)C. The van der Waals surface area contributed by atoms with Crippen LogP contribution in [0.25, 0.3) is 0 Å². The molecule has 0 radical (unpaired) electrons. The Bertz CT molecular complexity index is 123. The lowest BCUT2D eigenvalue weighted by molar-refractivity contribution is 0.207. The Morgan fingerprint density at radius 1 is 1.25 bits per heavy atom. The molecule has 1 atom stereocenters. The number of hydrogen-bond acceptors (Lipinski definition) is 1. The van der Waals surface area contributed by atoms with Gasteiger partial charge in [-0.1, -0.05) is 44.3 Å². The van der Waals surface area contributed by atoms with Crippen LogP contribution in [0.15, 0.2) is 11.6 Å². The van der Waals surface area contributed by atoms with E-state index in [9.17, 15) is 5.11 Å². The lowest BCUT2D eigenvalue weighted by Crippen LogP contribution is -2.02. The first-order chi connectivity index (χ1) is 5.66. The molecule has 0 amide bonds. The topological polar surface area (TPSA) is 20.2 Å². The predicted octanol–water partition coefficient (Wildman–Crippen LogP) is 3.28. The number of aliphatic hydroxyl groups is 1.